The molecule has 0 aliphatic heterocycles. The zero-order chi connectivity index (χ0) is 13.7. The summed E-state index contributed by atoms with van der Waals surface area (Å²) in [6.07, 6.45) is 4.14. The number of carbonyl (C=O) groups is 1. The van der Waals surface area contributed by atoms with Crippen molar-refractivity contribution in [3.63, 3.8) is 0 Å². The number of carboxylic acid groups (broad SMARTS) is 1. The molecule has 98 valence electrons. The van der Waals surface area contributed by atoms with E-state index in [-0.39, 0.29) is 5.82 Å². The van der Waals surface area contributed by atoms with Crippen molar-refractivity contribution in [2.75, 3.05) is 0 Å². The average Bonchev–Trinajstić information content (AvgIpc) is 2.88. The van der Waals surface area contributed by atoms with Crippen LogP contribution in [0.4, 0.5) is 4.39 Å². The first kappa shape index (κ1) is 13.8. The zero-order valence-corrected chi connectivity index (χ0v) is 11.4. The first-order chi connectivity index (χ1) is 9.15. The van der Waals surface area contributed by atoms with Crippen molar-refractivity contribution in [2.24, 2.45) is 0 Å². The molecule has 3 nitrogen and oxygen atoms in total. The average molecular weight is 295 g/mol. The summed E-state index contributed by atoms with van der Waals surface area (Å²) >= 11 is 3.07. The number of hydrogen-bond donors (Lipinski definition) is 1. The van der Waals surface area contributed by atoms with Gasteiger partial charge in [0.1, 0.15) is 10.2 Å². The van der Waals surface area contributed by atoms with Crippen molar-refractivity contribution in [3.05, 3.63) is 52.8 Å². The summed E-state index contributed by atoms with van der Waals surface area (Å²) in [7, 11) is 0. The third kappa shape index (κ3) is 4.18. The third-order valence-electron chi connectivity index (χ3n) is 2.27. The monoisotopic (exact) mass is 295 g/mol. The van der Waals surface area contributed by atoms with E-state index in [9.17, 15) is 9.18 Å². The molecule has 6 heteroatoms. The molecule has 1 aromatic heterocycles. The number of thioether (sulfide) groups is 1. The summed E-state index contributed by atoms with van der Waals surface area (Å²) in [5, 5.41) is 10.5. The van der Waals surface area contributed by atoms with E-state index >= 15 is 0 Å². The van der Waals surface area contributed by atoms with E-state index in [2.05, 4.69) is 4.98 Å². The van der Waals surface area contributed by atoms with Crippen LogP contribution in [0.25, 0.3) is 6.08 Å². The van der Waals surface area contributed by atoms with Crippen LogP contribution in [-0.2, 0) is 10.5 Å². The lowest BCUT2D eigenvalue weighted by atomic mass is 10.1. The molecule has 0 aliphatic carbocycles. The SMILES string of the molecule is O=C(O)C=Cc1cc(F)ccc1CSc1nccs1. The fourth-order valence-corrected chi connectivity index (χ4v) is 3.09. The highest BCUT2D eigenvalue weighted by Gasteiger charge is 2.04. The van der Waals surface area contributed by atoms with Gasteiger partial charge in [-0.05, 0) is 29.3 Å². The minimum absolute atomic E-state index is 0.381. The molecule has 0 spiro atoms. The van der Waals surface area contributed by atoms with Gasteiger partial charge >= 0.3 is 5.97 Å². The second-order valence-corrected chi connectivity index (χ2v) is 5.72. The molecule has 0 atom stereocenters. The molecule has 2 rings (SSSR count). The number of thiazole rings is 1. The number of rotatable bonds is 5. The maximum atomic E-state index is 13.2. The standard InChI is InChI=1S/C13H10FNO2S2/c14-11-3-1-10(8-19-13-15-5-6-18-13)9(7-11)2-4-12(16)17/h1-7H,8H2,(H,16,17). The predicted molar refractivity (Wildman–Crippen MR) is 74.7 cm³/mol. The highest BCUT2D eigenvalue weighted by molar-refractivity contribution is 8.00. The van der Waals surface area contributed by atoms with Gasteiger partial charge in [0.2, 0.25) is 0 Å². The van der Waals surface area contributed by atoms with Crippen molar-refractivity contribution in [1.82, 2.24) is 4.98 Å². The number of carboxylic acids is 1. The second-order valence-electron chi connectivity index (χ2n) is 3.60. The molecule has 0 unspecified atom stereocenters. The van der Waals surface area contributed by atoms with Crippen molar-refractivity contribution < 1.29 is 14.3 Å². The van der Waals surface area contributed by atoms with Crippen LogP contribution in [0, 0.1) is 5.82 Å². The van der Waals surface area contributed by atoms with E-state index in [1.807, 2.05) is 5.38 Å². The minimum atomic E-state index is -1.05. The van der Waals surface area contributed by atoms with E-state index in [4.69, 9.17) is 5.11 Å². The van der Waals surface area contributed by atoms with Gasteiger partial charge in [-0.15, -0.1) is 11.3 Å². The van der Waals surface area contributed by atoms with Crippen LogP contribution in [0.3, 0.4) is 0 Å². The van der Waals surface area contributed by atoms with Crippen molar-refractivity contribution in [2.45, 2.75) is 10.1 Å². The predicted octanol–water partition coefficient (Wildman–Crippen LogP) is 3.67. The Bertz CT molecular complexity index is 597. The number of aliphatic carboxylic acids is 1. The van der Waals surface area contributed by atoms with Gasteiger partial charge in [0.05, 0.1) is 0 Å². The first-order valence-corrected chi connectivity index (χ1v) is 7.23. The van der Waals surface area contributed by atoms with Crippen LogP contribution < -0.4 is 0 Å². The van der Waals surface area contributed by atoms with Gasteiger partial charge in [-0.25, -0.2) is 14.2 Å². The Morgan fingerprint density at radius 1 is 1.53 bits per heavy atom. The van der Waals surface area contributed by atoms with Gasteiger partial charge in [-0.3, -0.25) is 0 Å². The molecule has 2 aromatic rings. The number of hydrogen-bond acceptors (Lipinski definition) is 4. The number of nitrogens with zero attached hydrogens (tertiary/aromatic N) is 1. The molecule has 0 radical (unpaired) electrons. The number of halogens is 1. The second kappa shape index (κ2) is 6.49. The van der Waals surface area contributed by atoms with Gasteiger partial charge in [-0.2, -0.15) is 0 Å². The topological polar surface area (TPSA) is 50.2 Å². The molecule has 0 saturated carbocycles. The molecule has 0 amide bonds. The molecule has 0 aliphatic rings. The molecule has 0 fully saturated rings. The molecule has 0 bridgehead atoms. The fourth-order valence-electron chi connectivity index (χ4n) is 1.43. The Balaban J connectivity index is 2.16. The summed E-state index contributed by atoms with van der Waals surface area (Å²) in [5.41, 5.74) is 1.45. The maximum Gasteiger partial charge on any atom is 0.328 e. The lowest BCUT2D eigenvalue weighted by molar-refractivity contribution is -0.131. The molecule has 1 aromatic carbocycles. The Morgan fingerprint density at radius 2 is 2.37 bits per heavy atom. The Hall–Kier alpha value is -1.66. The molecule has 1 heterocycles. The van der Waals surface area contributed by atoms with Crippen LogP contribution in [-0.4, -0.2) is 16.1 Å². The van der Waals surface area contributed by atoms with Crippen LogP contribution >= 0.6 is 23.1 Å². The van der Waals surface area contributed by atoms with Crippen LogP contribution in [0.2, 0.25) is 0 Å². The van der Waals surface area contributed by atoms with Gasteiger partial charge in [0, 0.05) is 23.4 Å². The smallest absolute Gasteiger partial charge is 0.328 e. The Labute approximate surface area is 117 Å². The maximum absolute atomic E-state index is 13.2. The number of aromatic nitrogens is 1. The molecular weight excluding hydrogens is 285 g/mol. The van der Waals surface area contributed by atoms with E-state index in [1.165, 1.54) is 41.3 Å². The molecule has 0 saturated heterocycles. The fraction of sp³-hybridized carbons (Fsp3) is 0.0769. The summed E-state index contributed by atoms with van der Waals surface area (Å²) in [4.78, 5) is 14.7. The first-order valence-electron chi connectivity index (χ1n) is 5.37. The molecular formula is C13H10FNO2S2. The van der Waals surface area contributed by atoms with Gasteiger partial charge in [-0.1, -0.05) is 17.8 Å². The van der Waals surface area contributed by atoms with E-state index in [0.29, 0.717) is 11.3 Å². The van der Waals surface area contributed by atoms with Gasteiger partial charge in [0.25, 0.3) is 0 Å². The highest BCUT2D eigenvalue weighted by Crippen LogP contribution is 2.26. The van der Waals surface area contributed by atoms with E-state index in [0.717, 1.165) is 16.0 Å². The van der Waals surface area contributed by atoms with Crippen LogP contribution in [0.5, 0.6) is 0 Å². The minimum Gasteiger partial charge on any atom is -0.478 e. The quantitative estimate of drug-likeness (QED) is 0.675. The third-order valence-corrected chi connectivity index (χ3v) is 4.29. The van der Waals surface area contributed by atoms with Gasteiger partial charge < -0.3 is 5.11 Å². The molecule has 1 N–H and O–H groups in total. The summed E-state index contributed by atoms with van der Waals surface area (Å²) in [5.74, 6) is -0.816. The summed E-state index contributed by atoms with van der Waals surface area (Å²) in [6.45, 7) is 0. The molecule has 19 heavy (non-hydrogen) atoms. The van der Waals surface area contributed by atoms with E-state index in [1.54, 1.807) is 12.3 Å². The zero-order valence-electron chi connectivity index (χ0n) is 9.75. The van der Waals surface area contributed by atoms with Crippen LogP contribution in [0.1, 0.15) is 11.1 Å². The van der Waals surface area contributed by atoms with Crippen LogP contribution in [0.15, 0.2) is 40.2 Å². The van der Waals surface area contributed by atoms with E-state index < -0.39 is 5.97 Å². The largest absolute Gasteiger partial charge is 0.478 e. The van der Waals surface area contributed by atoms with Crippen molar-refractivity contribution in [1.29, 1.82) is 0 Å². The lowest BCUT2D eigenvalue weighted by Gasteiger charge is -2.04. The Kier molecular flexibility index (Phi) is 4.70. The summed E-state index contributed by atoms with van der Waals surface area (Å²) in [6, 6.07) is 4.37. The summed E-state index contributed by atoms with van der Waals surface area (Å²) < 4.78 is 14.1. The van der Waals surface area contributed by atoms with Crippen molar-refractivity contribution >= 4 is 35.1 Å². The highest BCUT2D eigenvalue weighted by atomic mass is 32.2. The van der Waals surface area contributed by atoms with Gasteiger partial charge in [0.15, 0.2) is 0 Å². The van der Waals surface area contributed by atoms with Crippen molar-refractivity contribution in [3.8, 4) is 0 Å². The normalized spacial score (nSPS) is 11.0. The Morgan fingerprint density at radius 3 is 3.05 bits per heavy atom. The lowest BCUT2D eigenvalue weighted by Crippen LogP contribution is -1.91. The number of benzene rings is 1.